The molecule has 0 aliphatic carbocycles. The predicted molar refractivity (Wildman–Crippen MR) is 80.3 cm³/mol. The number of hydrogen-bond acceptors (Lipinski definition) is 2. The summed E-state index contributed by atoms with van der Waals surface area (Å²) in [5, 5.41) is 3.39. The molecule has 1 unspecified atom stereocenters. The number of pyridine rings is 1. The van der Waals surface area contributed by atoms with Crippen LogP contribution in [0.15, 0.2) is 42.6 Å². The van der Waals surface area contributed by atoms with Gasteiger partial charge in [0.15, 0.2) is 0 Å². The van der Waals surface area contributed by atoms with Gasteiger partial charge in [-0.25, -0.2) is 0 Å². The second-order valence-corrected chi connectivity index (χ2v) is 4.94. The highest BCUT2D eigenvalue weighted by Gasteiger charge is 2.11. The summed E-state index contributed by atoms with van der Waals surface area (Å²) in [5.74, 6) is 0. The Hall–Kier alpha value is -1.67. The number of benzene rings is 1. The Morgan fingerprint density at radius 2 is 1.84 bits per heavy atom. The molecule has 1 atom stereocenters. The zero-order chi connectivity index (χ0) is 13.7. The molecule has 19 heavy (non-hydrogen) atoms. The van der Waals surface area contributed by atoms with Crippen LogP contribution >= 0.6 is 0 Å². The van der Waals surface area contributed by atoms with Gasteiger partial charge >= 0.3 is 0 Å². The fraction of sp³-hybridized carbons (Fsp3) is 0.353. The van der Waals surface area contributed by atoms with Crippen LogP contribution in [0.1, 0.15) is 41.8 Å². The summed E-state index contributed by atoms with van der Waals surface area (Å²) in [6.07, 6.45) is 4.22. The van der Waals surface area contributed by atoms with Crippen molar-refractivity contribution in [2.45, 2.75) is 32.7 Å². The molecule has 0 spiro atoms. The van der Waals surface area contributed by atoms with Crippen molar-refractivity contribution < 1.29 is 0 Å². The minimum absolute atomic E-state index is 0.234. The first-order valence-corrected chi connectivity index (χ1v) is 6.93. The van der Waals surface area contributed by atoms with E-state index in [9.17, 15) is 0 Å². The summed E-state index contributed by atoms with van der Waals surface area (Å²) < 4.78 is 0. The molecule has 0 amide bonds. The maximum absolute atomic E-state index is 4.26. The quantitative estimate of drug-likeness (QED) is 0.881. The van der Waals surface area contributed by atoms with Crippen molar-refractivity contribution in [1.29, 1.82) is 0 Å². The van der Waals surface area contributed by atoms with Crippen molar-refractivity contribution in [3.8, 4) is 0 Å². The molecule has 0 radical (unpaired) electrons. The SMILES string of the molecule is CCCc1ccc(C(NC)c2ccnc(C)c2)cc1. The third kappa shape index (κ3) is 3.42. The molecule has 2 aromatic rings. The Morgan fingerprint density at radius 3 is 2.42 bits per heavy atom. The van der Waals surface area contributed by atoms with Gasteiger partial charge in [-0.1, -0.05) is 37.6 Å². The molecule has 2 nitrogen and oxygen atoms in total. The average molecular weight is 254 g/mol. The average Bonchev–Trinajstić information content (AvgIpc) is 2.42. The van der Waals surface area contributed by atoms with E-state index in [2.05, 4.69) is 53.6 Å². The zero-order valence-electron chi connectivity index (χ0n) is 12.0. The lowest BCUT2D eigenvalue weighted by Crippen LogP contribution is -2.17. The van der Waals surface area contributed by atoms with Crippen LogP contribution in [-0.4, -0.2) is 12.0 Å². The normalized spacial score (nSPS) is 12.4. The lowest BCUT2D eigenvalue weighted by molar-refractivity contribution is 0.689. The number of hydrogen-bond donors (Lipinski definition) is 1. The van der Waals surface area contributed by atoms with Gasteiger partial charge in [0, 0.05) is 11.9 Å². The van der Waals surface area contributed by atoms with E-state index in [0.29, 0.717) is 0 Å². The number of aromatic nitrogens is 1. The molecule has 1 aromatic heterocycles. The van der Waals surface area contributed by atoms with Crippen LogP contribution in [0.2, 0.25) is 0 Å². The van der Waals surface area contributed by atoms with Gasteiger partial charge in [0.1, 0.15) is 0 Å². The molecule has 2 heteroatoms. The Morgan fingerprint density at radius 1 is 1.11 bits per heavy atom. The van der Waals surface area contributed by atoms with E-state index >= 15 is 0 Å². The van der Waals surface area contributed by atoms with Gasteiger partial charge in [0.05, 0.1) is 6.04 Å². The fourth-order valence-electron chi connectivity index (χ4n) is 2.44. The Kier molecular flexibility index (Phi) is 4.69. The van der Waals surface area contributed by atoms with Gasteiger partial charge in [-0.2, -0.15) is 0 Å². The number of rotatable bonds is 5. The van der Waals surface area contributed by atoms with Crippen molar-refractivity contribution >= 4 is 0 Å². The summed E-state index contributed by atoms with van der Waals surface area (Å²) in [6, 6.07) is 13.4. The number of nitrogens with one attached hydrogen (secondary N) is 1. The number of aryl methyl sites for hydroxylation is 2. The van der Waals surface area contributed by atoms with Crippen LogP contribution in [0.4, 0.5) is 0 Å². The number of nitrogens with zero attached hydrogens (tertiary/aromatic N) is 1. The fourth-order valence-corrected chi connectivity index (χ4v) is 2.44. The monoisotopic (exact) mass is 254 g/mol. The van der Waals surface area contributed by atoms with E-state index in [1.165, 1.54) is 23.1 Å². The molecule has 0 bridgehead atoms. The maximum atomic E-state index is 4.26. The van der Waals surface area contributed by atoms with Crippen LogP contribution in [-0.2, 0) is 6.42 Å². The van der Waals surface area contributed by atoms with Crippen LogP contribution < -0.4 is 5.32 Å². The van der Waals surface area contributed by atoms with Gasteiger partial charge in [-0.15, -0.1) is 0 Å². The molecular weight excluding hydrogens is 232 g/mol. The molecule has 0 aliphatic heterocycles. The largest absolute Gasteiger partial charge is 0.309 e. The first-order chi connectivity index (χ1) is 9.24. The second kappa shape index (κ2) is 6.48. The first kappa shape index (κ1) is 13.8. The van der Waals surface area contributed by atoms with Crippen molar-refractivity contribution in [3.63, 3.8) is 0 Å². The Labute approximate surface area is 115 Å². The van der Waals surface area contributed by atoms with Gasteiger partial charge in [0.25, 0.3) is 0 Å². The van der Waals surface area contributed by atoms with Crippen LogP contribution in [0, 0.1) is 6.92 Å². The molecule has 1 aromatic carbocycles. The smallest absolute Gasteiger partial charge is 0.0575 e. The molecular formula is C17H22N2. The summed E-state index contributed by atoms with van der Waals surface area (Å²) in [4.78, 5) is 4.26. The molecule has 1 N–H and O–H groups in total. The Bertz CT molecular complexity index is 517. The van der Waals surface area contributed by atoms with Crippen LogP contribution in [0.5, 0.6) is 0 Å². The standard InChI is InChI=1S/C17H22N2/c1-4-5-14-6-8-15(9-7-14)17(18-3)16-10-11-19-13(2)12-16/h6-12,17-18H,4-5H2,1-3H3. The van der Waals surface area contributed by atoms with E-state index < -0.39 is 0 Å². The Balaban J connectivity index is 2.26. The van der Waals surface area contributed by atoms with Gasteiger partial charge < -0.3 is 5.32 Å². The van der Waals surface area contributed by atoms with E-state index in [1.54, 1.807) is 0 Å². The third-order valence-corrected chi connectivity index (χ3v) is 3.39. The van der Waals surface area contributed by atoms with Crippen LogP contribution in [0.25, 0.3) is 0 Å². The third-order valence-electron chi connectivity index (χ3n) is 3.39. The zero-order valence-corrected chi connectivity index (χ0v) is 12.0. The van der Waals surface area contributed by atoms with Gasteiger partial charge in [-0.3, -0.25) is 4.98 Å². The van der Waals surface area contributed by atoms with Crippen molar-refractivity contribution in [2.75, 3.05) is 7.05 Å². The van der Waals surface area contributed by atoms with Crippen molar-refractivity contribution in [2.24, 2.45) is 0 Å². The minimum Gasteiger partial charge on any atom is -0.309 e. The molecule has 0 fully saturated rings. The first-order valence-electron chi connectivity index (χ1n) is 6.93. The van der Waals surface area contributed by atoms with Gasteiger partial charge in [-0.05, 0) is 49.2 Å². The van der Waals surface area contributed by atoms with E-state index in [0.717, 1.165) is 12.1 Å². The predicted octanol–water partition coefficient (Wildman–Crippen LogP) is 3.65. The highest BCUT2D eigenvalue weighted by molar-refractivity contribution is 5.33. The summed E-state index contributed by atoms with van der Waals surface area (Å²) in [7, 11) is 2.00. The minimum atomic E-state index is 0.234. The van der Waals surface area contributed by atoms with E-state index in [-0.39, 0.29) is 6.04 Å². The highest BCUT2D eigenvalue weighted by atomic mass is 14.9. The molecule has 0 saturated heterocycles. The lowest BCUT2D eigenvalue weighted by Gasteiger charge is -2.18. The maximum Gasteiger partial charge on any atom is 0.0575 e. The highest BCUT2D eigenvalue weighted by Crippen LogP contribution is 2.22. The van der Waals surface area contributed by atoms with E-state index in [1.807, 2.05) is 20.2 Å². The lowest BCUT2D eigenvalue weighted by atomic mass is 9.97. The molecule has 100 valence electrons. The van der Waals surface area contributed by atoms with Crippen molar-refractivity contribution in [1.82, 2.24) is 10.3 Å². The summed E-state index contributed by atoms with van der Waals surface area (Å²) >= 11 is 0. The van der Waals surface area contributed by atoms with Crippen molar-refractivity contribution in [3.05, 3.63) is 65.0 Å². The summed E-state index contributed by atoms with van der Waals surface area (Å²) in [5.41, 5.74) is 5.03. The molecule has 0 saturated carbocycles. The van der Waals surface area contributed by atoms with E-state index in [4.69, 9.17) is 0 Å². The van der Waals surface area contributed by atoms with Crippen LogP contribution in [0.3, 0.4) is 0 Å². The second-order valence-electron chi connectivity index (χ2n) is 4.94. The molecule has 0 aliphatic rings. The summed E-state index contributed by atoms with van der Waals surface area (Å²) in [6.45, 7) is 4.24. The molecule has 1 heterocycles. The molecule has 2 rings (SSSR count). The topological polar surface area (TPSA) is 24.9 Å². The van der Waals surface area contributed by atoms with Gasteiger partial charge in [0.2, 0.25) is 0 Å².